The van der Waals surface area contributed by atoms with Crippen LogP contribution in [0.5, 0.6) is 0 Å². The third-order valence-electron chi connectivity index (χ3n) is 4.34. The molecule has 0 aliphatic carbocycles. The molecule has 148 valence electrons. The molecule has 27 heavy (non-hydrogen) atoms. The van der Waals surface area contributed by atoms with Crippen LogP contribution in [0.3, 0.4) is 0 Å². The van der Waals surface area contributed by atoms with Crippen LogP contribution >= 0.6 is 0 Å². The number of esters is 1. The first-order chi connectivity index (χ1) is 12.4. The van der Waals surface area contributed by atoms with Crippen molar-refractivity contribution >= 4 is 29.3 Å². The van der Waals surface area contributed by atoms with Gasteiger partial charge in [0.2, 0.25) is 5.91 Å². The summed E-state index contributed by atoms with van der Waals surface area (Å²) in [7, 11) is 4.39. The maximum atomic E-state index is 12.8. The first-order valence-electron chi connectivity index (χ1n) is 8.48. The van der Waals surface area contributed by atoms with E-state index in [9.17, 15) is 14.4 Å². The molecule has 2 rings (SSSR count). The number of benzene rings is 1. The second kappa shape index (κ2) is 7.19. The monoisotopic (exact) mass is 378 g/mol. The fourth-order valence-corrected chi connectivity index (χ4v) is 3.13. The Morgan fingerprint density at radius 2 is 1.85 bits per heavy atom. The van der Waals surface area contributed by atoms with Crippen LogP contribution in [-0.2, 0) is 24.4 Å². The number of hydrogen-bond donors (Lipinski definition) is 1. The van der Waals surface area contributed by atoms with Crippen LogP contribution in [0.25, 0.3) is 0 Å². The lowest BCUT2D eigenvalue weighted by molar-refractivity contribution is -0.124. The molecular weight excluding hydrogens is 352 g/mol. The molecule has 0 bridgehead atoms. The van der Waals surface area contributed by atoms with Crippen molar-refractivity contribution in [1.82, 2.24) is 0 Å². The molecule has 0 aromatic heterocycles. The summed E-state index contributed by atoms with van der Waals surface area (Å²) in [5, 5.41) is 2.59. The highest BCUT2D eigenvalue weighted by molar-refractivity contribution is 6.10. The smallest absolute Gasteiger partial charge is 0.412 e. The van der Waals surface area contributed by atoms with Gasteiger partial charge in [-0.3, -0.25) is 10.1 Å². The minimum Gasteiger partial charge on any atom is -0.465 e. The largest absolute Gasteiger partial charge is 0.465 e. The second-order valence-electron chi connectivity index (χ2n) is 7.66. The van der Waals surface area contributed by atoms with Crippen molar-refractivity contribution < 1.29 is 28.6 Å². The summed E-state index contributed by atoms with van der Waals surface area (Å²) in [5.41, 5.74) is -0.0841. The first kappa shape index (κ1) is 20.7. The van der Waals surface area contributed by atoms with Gasteiger partial charge in [0, 0.05) is 19.8 Å². The first-order valence-corrected chi connectivity index (χ1v) is 8.48. The molecule has 0 saturated carbocycles. The molecule has 8 heteroatoms. The van der Waals surface area contributed by atoms with Gasteiger partial charge in [0.1, 0.15) is 5.60 Å². The number of methoxy groups -OCH3 is 2. The lowest BCUT2D eigenvalue weighted by atomic mass is 9.84. The van der Waals surface area contributed by atoms with Crippen molar-refractivity contribution in [2.24, 2.45) is 0 Å². The topological polar surface area (TPSA) is 94.2 Å². The van der Waals surface area contributed by atoms with Crippen LogP contribution in [0.4, 0.5) is 16.2 Å². The minimum absolute atomic E-state index is 0.128. The lowest BCUT2D eigenvalue weighted by Gasteiger charge is -2.23. The van der Waals surface area contributed by atoms with Crippen molar-refractivity contribution in [3.8, 4) is 0 Å². The average molecular weight is 378 g/mol. The third kappa shape index (κ3) is 3.90. The van der Waals surface area contributed by atoms with Crippen LogP contribution in [0.15, 0.2) is 12.1 Å². The number of fused-ring (bicyclic) bond motifs is 1. The number of rotatable bonds is 4. The normalized spacial score (nSPS) is 18.9. The van der Waals surface area contributed by atoms with Gasteiger partial charge in [0.05, 0.1) is 30.4 Å². The van der Waals surface area contributed by atoms with E-state index >= 15 is 0 Å². The Morgan fingerprint density at radius 1 is 1.22 bits per heavy atom. The maximum absolute atomic E-state index is 12.8. The Morgan fingerprint density at radius 3 is 2.37 bits per heavy atom. The van der Waals surface area contributed by atoms with E-state index in [1.807, 2.05) is 0 Å². The van der Waals surface area contributed by atoms with E-state index in [2.05, 4.69) is 5.32 Å². The van der Waals surface area contributed by atoms with E-state index in [1.165, 1.54) is 25.2 Å². The zero-order chi connectivity index (χ0) is 20.6. The predicted molar refractivity (Wildman–Crippen MR) is 100 cm³/mol. The zero-order valence-electron chi connectivity index (χ0n) is 16.8. The van der Waals surface area contributed by atoms with Gasteiger partial charge in [-0.15, -0.1) is 0 Å². The van der Waals surface area contributed by atoms with Crippen molar-refractivity contribution in [1.29, 1.82) is 0 Å². The van der Waals surface area contributed by atoms with Gasteiger partial charge in [-0.2, -0.15) is 0 Å². The van der Waals surface area contributed by atoms with Crippen LogP contribution in [-0.4, -0.2) is 51.4 Å². The second-order valence-corrected chi connectivity index (χ2v) is 7.66. The Bertz CT molecular complexity index is 783. The van der Waals surface area contributed by atoms with E-state index < -0.39 is 23.1 Å². The Balaban J connectivity index is 2.57. The van der Waals surface area contributed by atoms with Crippen molar-refractivity contribution in [2.45, 2.75) is 38.7 Å². The molecule has 8 nitrogen and oxygen atoms in total. The van der Waals surface area contributed by atoms with Crippen molar-refractivity contribution in [3.63, 3.8) is 0 Å². The lowest BCUT2D eigenvalue weighted by Crippen LogP contribution is -2.39. The van der Waals surface area contributed by atoms with Gasteiger partial charge < -0.3 is 19.1 Å². The molecular formula is C19H26N2O6. The number of likely N-dealkylation sites (N-methyl/N-ethyl adjacent to an activating group) is 1. The van der Waals surface area contributed by atoms with Crippen LogP contribution in [0.1, 0.15) is 43.6 Å². The summed E-state index contributed by atoms with van der Waals surface area (Å²) < 4.78 is 15.3. The summed E-state index contributed by atoms with van der Waals surface area (Å²) in [5.74, 6) is -0.797. The van der Waals surface area contributed by atoms with Gasteiger partial charge in [-0.25, -0.2) is 9.59 Å². The predicted octanol–water partition coefficient (Wildman–Crippen LogP) is 2.70. The van der Waals surface area contributed by atoms with E-state index in [0.29, 0.717) is 11.3 Å². The summed E-state index contributed by atoms with van der Waals surface area (Å²) >= 11 is 0. The molecule has 1 heterocycles. The van der Waals surface area contributed by atoms with Crippen LogP contribution in [0, 0.1) is 0 Å². The number of anilines is 2. The molecule has 0 saturated heterocycles. The third-order valence-corrected chi connectivity index (χ3v) is 4.34. The van der Waals surface area contributed by atoms with Gasteiger partial charge in [0.15, 0.2) is 0 Å². The fourth-order valence-electron chi connectivity index (χ4n) is 3.13. The Labute approximate surface area is 158 Å². The molecule has 1 aromatic carbocycles. The highest BCUT2D eigenvalue weighted by Crippen LogP contribution is 2.44. The molecule has 1 aromatic rings. The van der Waals surface area contributed by atoms with E-state index in [-0.39, 0.29) is 23.8 Å². The van der Waals surface area contributed by atoms with E-state index in [1.54, 1.807) is 40.8 Å². The Kier molecular flexibility index (Phi) is 5.51. The molecule has 1 atom stereocenters. The fraction of sp³-hybridized carbons (Fsp3) is 0.526. The summed E-state index contributed by atoms with van der Waals surface area (Å²) in [6, 6.07) is 3.14. The standard InChI is InChI=1S/C19H26N2O6/c1-18(2,3)27-17(24)20-13-9-12-14(8-11(13)15(22)26-7)21(5)16(23)19(12,4)10-25-6/h8-9H,10H2,1-7H3,(H,20,24). The van der Waals surface area contributed by atoms with Gasteiger partial charge in [-0.1, -0.05) is 0 Å². The molecule has 0 radical (unpaired) electrons. The number of ether oxygens (including phenoxy) is 3. The van der Waals surface area contributed by atoms with Gasteiger partial charge >= 0.3 is 12.1 Å². The van der Waals surface area contributed by atoms with Crippen molar-refractivity contribution in [2.75, 3.05) is 38.1 Å². The minimum atomic E-state index is -0.933. The van der Waals surface area contributed by atoms with Gasteiger partial charge in [-0.05, 0) is 45.4 Å². The number of amides is 2. The number of nitrogens with zero attached hydrogens (tertiary/aromatic N) is 1. The van der Waals surface area contributed by atoms with Crippen LogP contribution in [0.2, 0.25) is 0 Å². The maximum Gasteiger partial charge on any atom is 0.412 e. The summed E-state index contributed by atoms with van der Waals surface area (Å²) in [4.78, 5) is 38.7. The van der Waals surface area contributed by atoms with Crippen LogP contribution < -0.4 is 10.2 Å². The van der Waals surface area contributed by atoms with E-state index in [0.717, 1.165) is 0 Å². The summed E-state index contributed by atoms with van der Waals surface area (Å²) in [6.45, 7) is 7.13. The Hall–Kier alpha value is -2.61. The van der Waals surface area contributed by atoms with Crippen molar-refractivity contribution in [3.05, 3.63) is 23.3 Å². The number of carbonyl (C=O) groups excluding carboxylic acids is 3. The summed E-state index contributed by atoms with van der Waals surface area (Å²) in [6.07, 6.45) is -0.710. The average Bonchev–Trinajstić information content (AvgIpc) is 2.74. The zero-order valence-corrected chi connectivity index (χ0v) is 16.8. The van der Waals surface area contributed by atoms with Gasteiger partial charge in [0.25, 0.3) is 0 Å². The highest BCUT2D eigenvalue weighted by atomic mass is 16.6. The molecule has 1 N–H and O–H groups in total. The molecule has 1 aliphatic rings. The molecule has 0 fully saturated rings. The SMILES string of the molecule is COCC1(C)C(=O)N(C)c2cc(C(=O)OC)c(NC(=O)OC(C)(C)C)cc21. The molecule has 1 unspecified atom stereocenters. The quantitative estimate of drug-likeness (QED) is 0.810. The number of hydrogen-bond acceptors (Lipinski definition) is 6. The number of nitrogens with one attached hydrogen (secondary N) is 1. The number of carbonyl (C=O) groups is 3. The molecule has 2 amide bonds. The molecule has 1 aliphatic heterocycles. The highest BCUT2D eigenvalue weighted by Gasteiger charge is 2.47. The van der Waals surface area contributed by atoms with E-state index in [4.69, 9.17) is 14.2 Å². The molecule has 0 spiro atoms.